The Labute approximate surface area is 83.0 Å². The molecule has 0 amide bonds. The summed E-state index contributed by atoms with van der Waals surface area (Å²) in [4.78, 5) is 0. The fourth-order valence-corrected chi connectivity index (χ4v) is 0.799. The third-order valence-electron chi connectivity index (χ3n) is 1.49. The highest BCUT2D eigenvalue weighted by atomic mass is 32.1. The summed E-state index contributed by atoms with van der Waals surface area (Å²) >= 11 is 3.83. The van der Waals surface area contributed by atoms with Gasteiger partial charge < -0.3 is 0 Å². The molecule has 0 spiro atoms. The van der Waals surface area contributed by atoms with Crippen molar-refractivity contribution in [2.45, 2.75) is 0 Å². The molecule has 4 heteroatoms. The molecular formula is C9H11N3S. The number of thiol groups is 1. The van der Waals surface area contributed by atoms with Crippen LogP contribution in [0.1, 0.15) is 5.56 Å². The highest BCUT2D eigenvalue weighted by molar-refractivity contribution is 7.96. The Bertz CT molecular complexity index is 308. The number of nitrogens with zero attached hydrogens (tertiary/aromatic N) is 2. The second kappa shape index (κ2) is 4.67. The number of hydrogen-bond donors (Lipinski definition) is 2. The zero-order valence-electron chi connectivity index (χ0n) is 7.31. The second-order valence-corrected chi connectivity index (χ2v) is 2.93. The summed E-state index contributed by atoms with van der Waals surface area (Å²) in [6.45, 7) is 0. The molecular weight excluding hydrogens is 182 g/mol. The van der Waals surface area contributed by atoms with E-state index < -0.39 is 0 Å². The predicted molar refractivity (Wildman–Crippen MR) is 58.5 cm³/mol. The van der Waals surface area contributed by atoms with Crippen molar-refractivity contribution < 1.29 is 0 Å². The van der Waals surface area contributed by atoms with E-state index in [1.54, 1.807) is 13.3 Å². The van der Waals surface area contributed by atoms with Crippen LogP contribution in [0.4, 0.5) is 0 Å². The summed E-state index contributed by atoms with van der Waals surface area (Å²) in [5.74, 6) is 0. The average molecular weight is 193 g/mol. The van der Waals surface area contributed by atoms with Crippen molar-refractivity contribution in [2.75, 3.05) is 7.05 Å². The zero-order valence-corrected chi connectivity index (χ0v) is 8.20. The highest BCUT2D eigenvalue weighted by Crippen LogP contribution is 1.96. The number of hydrazone groups is 1. The Hall–Kier alpha value is -1.29. The van der Waals surface area contributed by atoms with Gasteiger partial charge in [-0.05, 0) is 5.56 Å². The molecule has 68 valence electrons. The quantitative estimate of drug-likeness (QED) is 0.320. The molecule has 0 aliphatic carbocycles. The summed E-state index contributed by atoms with van der Waals surface area (Å²) < 4.78 is 0. The molecule has 1 N–H and O–H groups in total. The Balaban J connectivity index is 2.64. The van der Waals surface area contributed by atoms with Gasteiger partial charge in [0.15, 0.2) is 5.17 Å². The van der Waals surface area contributed by atoms with E-state index in [0.29, 0.717) is 0 Å². The van der Waals surface area contributed by atoms with Crippen molar-refractivity contribution in [1.29, 1.82) is 5.41 Å². The van der Waals surface area contributed by atoms with Gasteiger partial charge in [0.25, 0.3) is 0 Å². The molecule has 0 aliphatic heterocycles. The molecule has 1 aromatic rings. The minimum absolute atomic E-state index is 0.118. The van der Waals surface area contributed by atoms with Crippen LogP contribution >= 0.6 is 12.6 Å². The number of hydrogen-bond acceptors (Lipinski definition) is 2. The van der Waals surface area contributed by atoms with Crippen LogP contribution in [-0.2, 0) is 0 Å². The van der Waals surface area contributed by atoms with Gasteiger partial charge in [0.05, 0.1) is 6.21 Å². The van der Waals surface area contributed by atoms with Crippen molar-refractivity contribution in [3.05, 3.63) is 35.9 Å². The van der Waals surface area contributed by atoms with Crippen molar-refractivity contribution in [3.8, 4) is 0 Å². The van der Waals surface area contributed by atoms with Crippen LogP contribution in [-0.4, -0.2) is 23.4 Å². The third kappa shape index (κ3) is 3.29. The maximum atomic E-state index is 7.14. The second-order valence-electron chi connectivity index (χ2n) is 2.50. The van der Waals surface area contributed by atoms with E-state index in [9.17, 15) is 0 Å². The largest absolute Gasteiger partial charge is 0.277 e. The number of benzene rings is 1. The van der Waals surface area contributed by atoms with E-state index in [4.69, 9.17) is 5.41 Å². The fraction of sp³-hybridized carbons (Fsp3) is 0.111. The van der Waals surface area contributed by atoms with Crippen LogP contribution in [0.25, 0.3) is 0 Å². The lowest BCUT2D eigenvalue weighted by atomic mass is 10.2. The molecule has 13 heavy (non-hydrogen) atoms. The Kier molecular flexibility index (Phi) is 3.52. The van der Waals surface area contributed by atoms with Crippen molar-refractivity contribution >= 4 is 24.0 Å². The first-order valence-electron chi connectivity index (χ1n) is 3.80. The molecule has 0 unspecified atom stereocenters. The lowest BCUT2D eigenvalue weighted by molar-refractivity contribution is 0.556. The van der Waals surface area contributed by atoms with Gasteiger partial charge in [-0.25, -0.2) is 5.01 Å². The average Bonchev–Trinajstić information content (AvgIpc) is 2.15. The number of rotatable bonds is 2. The number of nitrogens with one attached hydrogen (secondary N) is 1. The van der Waals surface area contributed by atoms with Crippen LogP contribution < -0.4 is 0 Å². The van der Waals surface area contributed by atoms with Crippen LogP contribution in [0.2, 0.25) is 0 Å². The molecule has 0 saturated carbocycles. The molecule has 0 bridgehead atoms. The fourth-order valence-electron chi connectivity index (χ4n) is 0.747. The maximum absolute atomic E-state index is 7.14. The van der Waals surface area contributed by atoms with E-state index >= 15 is 0 Å². The van der Waals surface area contributed by atoms with Gasteiger partial charge in [-0.3, -0.25) is 5.41 Å². The monoisotopic (exact) mass is 193 g/mol. The molecule has 1 rings (SSSR count). The van der Waals surface area contributed by atoms with Crippen molar-refractivity contribution in [2.24, 2.45) is 5.10 Å². The summed E-state index contributed by atoms with van der Waals surface area (Å²) in [7, 11) is 1.68. The van der Waals surface area contributed by atoms with E-state index in [2.05, 4.69) is 17.7 Å². The van der Waals surface area contributed by atoms with Crippen molar-refractivity contribution in [3.63, 3.8) is 0 Å². The lowest BCUT2D eigenvalue weighted by Crippen LogP contribution is -2.14. The Morgan fingerprint density at radius 3 is 2.62 bits per heavy atom. The first-order valence-corrected chi connectivity index (χ1v) is 4.25. The Morgan fingerprint density at radius 1 is 1.46 bits per heavy atom. The maximum Gasteiger partial charge on any atom is 0.173 e. The SMILES string of the molecule is CN(N=Cc1ccccc1)C(=N)S. The van der Waals surface area contributed by atoms with Gasteiger partial charge in [-0.1, -0.05) is 30.3 Å². The molecule has 0 saturated heterocycles. The summed E-state index contributed by atoms with van der Waals surface area (Å²) in [5, 5.41) is 12.6. The van der Waals surface area contributed by atoms with Crippen LogP contribution in [0.5, 0.6) is 0 Å². The molecule has 0 fully saturated rings. The Morgan fingerprint density at radius 2 is 2.08 bits per heavy atom. The molecule has 0 heterocycles. The minimum atomic E-state index is 0.118. The third-order valence-corrected chi connectivity index (χ3v) is 1.78. The van der Waals surface area contributed by atoms with Crippen molar-refractivity contribution in [1.82, 2.24) is 5.01 Å². The van der Waals surface area contributed by atoms with Gasteiger partial charge >= 0.3 is 0 Å². The van der Waals surface area contributed by atoms with Crippen LogP contribution in [0, 0.1) is 5.41 Å². The molecule has 0 aliphatic rings. The van der Waals surface area contributed by atoms with Gasteiger partial charge in [0.1, 0.15) is 0 Å². The van der Waals surface area contributed by atoms with Crippen LogP contribution in [0.15, 0.2) is 35.4 Å². The van der Waals surface area contributed by atoms with E-state index in [1.165, 1.54) is 5.01 Å². The topological polar surface area (TPSA) is 39.5 Å². The van der Waals surface area contributed by atoms with Gasteiger partial charge in [0.2, 0.25) is 0 Å². The highest BCUT2D eigenvalue weighted by Gasteiger charge is 1.92. The predicted octanol–water partition coefficient (Wildman–Crippen LogP) is 1.82. The van der Waals surface area contributed by atoms with Crippen LogP contribution in [0.3, 0.4) is 0 Å². The summed E-state index contributed by atoms with van der Waals surface area (Å²) in [6, 6.07) is 9.71. The molecule has 0 aromatic heterocycles. The zero-order chi connectivity index (χ0) is 9.68. The van der Waals surface area contributed by atoms with E-state index in [0.717, 1.165) is 5.56 Å². The van der Waals surface area contributed by atoms with E-state index in [-0.39, 0.29) is 5.17 Å². The summed E-state index contributed by atoms with van der Waals surface area (Å²) in [5.41, 5.74) is 1.00. The molecule has 0 radical (unpaired) electrons. The normalized spacial score (nSPS) is 10.3. The molecule has 0 atom stereocenters. The molecule has 1 aromatic carbocycles. The van der Waals surface area contributed by atoms with E-state index in [1.807, 2.05) is 30.3 Å². The number of amidine groups is 1. The standard InChI is InChI=1S/C9H11N3S/c1-12(9(10)13)11-7-8-5-3-2-4-6-8/h2-7H,1H3,(H2,10,13). The summed E-state index contributed by atoms with van der Waals surface area (Å²) in [6.07, 6.45) is 1.69. The smallest absolute Gasteiger partial charge is 0.173 e. The molecule has 3 nitrogen and oxygen atoms in total. The van der Waals surface area contributed by atoms with Gasteiger partial charge in [0, 0.05) is 7.05 Å². The van der Waals surface area contributed by atoms with Gasteiger partial charge in [-0.15, -0.1) is 12.6 Å². The first-order chi connectivity index (χ1) is 6.20. The van der Waals surface area contributed by atoms with Gasteiger partial charge in [-0.2, -0.15) is 5.10 Å². The minimum Gasteiger partial charge on any atom is -0.277 e. The first kappa shape index (κ1) is 9.80. The lowest BCUT2D eigenvalue weighted by Gasteiger charge is -2.07.